The minimum atomic E-state index is -0.0914. The molecule has 0 saturated heterocycles. The fourth-order valence-electron chi connectivity index (χ4n) is 2.30. The monoisotopic (exact) mass is 241 g/mol. The van der Waals surface area contributed by atoms with Crippen molar-refractivity contribution in [2.24, 2.45) is 0 Å². The highest BCUT2D eigenvalue weighted by Crippen LogP contribution is 2.36. The Morgan fingerprint density at radius 1 is 1.22 bits per heavy atom. The van der Waals surface area contributed by atoms with Crippen molar-refractivity contribution in [2.75, 3.05) is 0 Å². The lowest BCUT2D eigenvalue weighted by molar-refractivity contribution is 0.546. The standard InChI is InChI=1S/C16H19NO/c1-10(2)11-6-7-13-12(8-11)15(16(3,4)5)14(9-17)18-13/h6-8,10H,1-5H3. The zero-order valence-electron chi connectivity index (χ0n) is 11.7. The van der Waals surface area contributed by atoms with Crippen LogP contribution in [0.1, 0.15) is 57.4 Å². The lowest BCUT2D eigenvalue weighted by Crippen LogP contribution is -2.12. The Morgan fingerprint density at radius 3 is 2.39 bits per heavy atom. The molecule has 0 fully saturated rings. The fraction of sp³-hybridized carbons (Fsp3) is 0.438. The van der Waals surface area contributed by atoms with E-state index in [1.165, 1.54) is 5.56 Å². The highest BCUT2D eigenvalue weighted by atomic mass is 16.3. The van der Waals surface area contributed by atoms with Gasteiger partial charge in [-0.05, 0) is 29.0 Å². The molecule has 94 valence electrons. The number of benzene rings is 1. The summed E-state index contributed by atoms with van der Waals surface area (Å²) in [4.78, 5) is 0. The van der Waals surface area contributed by atoms with E-state index in [0.29, 0.717) is 11.7 Å². The lowest BCUT2D eigenvalue weighted by atomic mass is 9.84. The van der Waals surface area contributed by atoms with E-state index < -0.39 is 0 Å². The molecular weight excluding hydrogens is 222 g/mol. The Kier molecular flexibility index (Phi) is 2.94. The van der Waals surface area contributed by atoms with Crippen LogP contribution < -0.4 is 0 Å². The van der Waals surface area contributed by atoms with E-state index in [9.17, 15) is 5.26 Å². The second kappa shape index (κ2) is 4.17. The van der Waals surface area contributed by atoms with Crippen LogP contribution in [0.15, 0.2) is 22.6 Å². The van der Waals surface area contributed by atoms with E-state index in [-0.39, 0.29) is 5.41 Å². The summed E-state index contributed by atoms with van der Waals surface area (Å²) in [6, 6.07) is 8.38. The number of fused-ring (bicyclic) bond motifs is 1. The van der Waals surface area contributed by atoms with Gasteiger partial charge in [0.1, 0.15) is 11.7 Å². The summed E-state index contributed by atoms with van der Waals surface area (Å²) >= 11 is 0. The van der Waals surface area contributed by atoms with Gasteiger partial charge < -0.3 is 4.42 Å². The highest BCUT2D eigenvalue weighted by molar-refractivity contribution is 5.85. The van der Waals surface area contributed by atoms with Crippen LogP contribution in [0.4, 0.5) is 0 Å². The average molecular weight is 241 g/mol. The second-order valence-corrected chi connectivity index (χ2v) is 6.08. The van der Waals surface area contributed by atoms with Gasteiger partial charge in [0.15, 0.2) is 0 Å². The van der Waals surface area contributed by atoms with Gasteiger partial charge in [0.05, 0.1) is 0 Å². The molecule has 2 heteroatoms. The van der Waals surface area contributed by atoms with Gasteiger partial charge in [-0.1, -0.05) is 40.7 Å². The van der Waals surface area contributed by atoms with Crippen molar-refractivity contribution >= 4 is 11.0 Å². The number of nitriles is 1. The molecule has 0 radical (unpaired) electrons. The third-order valence-electron chi connectivity index (χ3n) is 3.23. The summed E-state index contributed by atoms with van der Waals surface area (Å²) in [7, 11) is 0. The molecule has 0 aliphatic carbocycles. The Labute approximate surface area is 108 Å². The molecule has 2 rings (SSSR count). The summed E-state index contributed by atoms with van der Waals surface area (Å²) < 4.78 is 5.65. The first-order valence-corrected chi connectivity index (χ1v) is 6.31. The molecule has 1 aromatic heterocycles. The lowest BCUT2D eigenvalue weighted by Gasteiger charge is -2.17. The Morgan fingerprint density at radius 2 is 1.89 bits per heavy atom. The summed E-state index contributed by atoms with van der Waals surface area (Å²) in [5.41, 5.74) is 3.01. The Hall–Kier alpha value is -1.75. The van der Waals surface area contributed by atoms with Crippen LogP contribution >= 0.6 is 0 Å². The van der Waals surface area contributed by atoms with Gasteiger partial charge in [-0.25, -0.2) is 0 Å². The highest BCUT2D eigenvalue weighted by Gasteiger charge is 2.25. The van der Waals surface area contributed by atoms with Crippen LogP contribution in [0.5, 0.6) is 0 Å². The van der Waals surface area contributed by atoms with Crippen LogP contribution in [0.3, 0.4) is 0 Å². The van der Waals surface area contributed by atoms with Crippen molar-refractivity contribution in [3.05, 3.63) is 35.1 Å². The first-order valence-electron chi connectivity index (χ1n) is 6.31. The van der Waals surface area contributed by atoms with Crippen LogP contribution in [-0.4, -0.2) is 0 Å². The van der Waals surface area contributed by atoms with E-state index in [4.69, 9.17) is 4.42 Å². The third kappa shape index (κ3) is 2.01. The second-order valence-electron chi connectivity index (χ2n) is 6.08. The van der Waals surface area contributed by atoms with E-state index in [1.54, 1.807) is 0 Å². The quantitative estimate of drug-likeness (QED) is 0.724. The van der Waals surface area contributed by atoms with Crippen LogP contribution in [0.25, 0.3) is 11.0 Å². The van der Waals surface area contributed by atoms with Crippen molar-refractivity contribution in [1.29, 1.82) is 5.26 Å². The predicted octanol–water partition coefficient (Wildman–Crippen LogP) is 4.73. The van der Waals surface area contributed by atoms with Gasteiger partial charge in [0.25, 0.3) is 0 Å². The van der Waals surface area contributed by atoms with Crippen molar-refractivity contribution in [3.8, 4) is 6.07 Å². The zero-order chi connectivity index (χ0) is 13.5. The summed E-state index contributed by atoms with van der Waals surface area (Å²) in [5, 5.41) is 10.3. The Bertz CT molecular complexity index is 621. The molecule has 0 aliphatic rings. The third-order valence-corrected chi connectivity index (χ3v) is 3.23. The van der Waals surface area contributed by atoms with Crippen LogP contribution in [-0.2, 0) is 5.41 Å². The van der Waals surface area contributed by atoms with Gasteiger partial charge in [0.2, 0.25) is 5.76 Å². The van der Waals surface area contributed by atoms with Crippen LogP contribution in [0.2, 0.25) is 0 Å². The molecule has 0 unspecified atom stereocenters. The number of hydrogen-bond acceptors (Lipinski definition) is 2. The van der Waals surface area contributed by atoms with E-state index in [2.05, 4.69) is 52.8 Å². The van der Waals surface area contributed by atoms with E-state index >= 15 is 0 Å². The predicted molar refractivity (Wildman–Crippen MR) is 73.7 cm³/mol. The zero-order valence-corrected chi connectivity index (χ0v) is 11.7. The van der Waals surface area contributed by atoms with Crippen molar-refractivity contribution in [1.82, 2.24) is 0 Å². The molecule has 0 bridgehead atoms. The van der Waals surface area contributed by atoms with Gasteiger partial charge in [-0.2, -0.15) is 5.26 Å². The largest absolute Gasteiger partial charge is 0.445 e. The minimum Gasteiger partial charge on any atom is -0.445 e. The maximum Gasteiger partial charge on any atom is 0.208 e. The fourth-order valence-corrected chi connectivity index (χ4v) is 2.30. The Balaban J connectivity index is 2.80. The molecule has 0 atom stereocenters. The minimum absolute atomic E-state index is 0.0914. The number of hydrogen-bond donors (Lipinski definition) is 0. The average Bonchev–Trinajstić information content (AvgIpc) is 2.65. The van der Waals surface area contributed by atoms with Gasteiger partial charge in [-0.3, -0.25) is 0 Å². The number of nitrogens with zero attached hydrogens (tertiary/aromatic N) is 1. The molecule has 1 heterocycles. The summed E-state index contributed by atoms with van der Waals surface area (Å²) in [6.45, 7) is 10.7. The molecule has 0 spiro atoms. The molecule has 0 amide bonds. The van der Waals surface area contributed by atoms with Gasteiger partial charge >= 0.3 is 0 Å². The van der Waals surface area contributed by atoms with Gasteiger partial charge in [-0.15, -0.1) is 0 Å². The van der Waals surface area contributed by atoms with Crippen molar-refractivity contribution < 1.29 is 4.42 Å². The smallest absolute Gasteiger partial charge is 0.208 e. The van der Waals surface area contributed by atoms with Crippen molar-refractivity contribution in [3.63, 3.8) is 0 Å². The van der Waals surface area contributed by atoms with E-state index in [0.717, 1.165) is 16.5 Å². The number of furan rings is 1. The van der Waals surface area contributed by atoms with Gasteiger partial charge in [0, 0.05) is 10.9 Å². The molecular formula is C16H19NO. The van der Waals surface area contributed by atoms with Crippen LogP contribution in [0, 0.1) is 11.3 Å². The maximum absolute atomic E-state index is 9.22. The van der Waals surface area contributed by atoms with Crippen molar-refractivity contribution in [2.45, 2.75) is 46.0 Å². The first kappa shape index (κ1) is 12.7. The molecule has 2 nitrogen and oxygen atoms in total. The molecule has 2 aromatic rings. The molecule has 0 aliphatic heterocycles. The summed E-state index contributed by atoms with van der Waals surface area (Å²) in [5.74, 6) is 0.918. The summed E-state index contributed by atoms with van der Waals surface area (Å²) in [6.07, 6.45) is 0. The maximum atomic E-state index is 9.22. The number of rotatable bonds is 1. The van der Waals surface area contributed by atoms with E-state index in [1.807, 2.05) is 6.07 Å². The molecule has 18 heavy (non-hydrogen) atoms. The topological polar surface area (TPSA) is 36.9 Å². The normalized spacial score (nSPS) is 12.1. The SMILES string of the molecule is CC(C)c1ccc2oc(C#N)c(C(C)(C)C)c2c1. The molecule has 1 aromatic carbocycles. The molecule has 0 saturated carbocycles. The first-order chi connectivity index (χ1) is 8.34. The molecule has 0 N–H and O–H groups in total.